The smallest absolute Gasteiger partial charge is 0.343 e. The number of esters is 1. The number of hydrogen-bond donors (Lipinski definition) is 1. The molecule has 1 N–H and O–H groups in total. The molecule has 1 atom stereocenters. The van der Waals surface area contributed by atoms with E-state index in [-0.39, 0.29) is 18.6 Å². The average Bonchev–Trinajstić information content (AvgIpc) is 2.80. The van der Waals surface area contributed by atoms with Crippen LogP contribution in [0.25, 0.3) is 0 Å². The molecular formula is C22H34N2O6. The first-order valence-corrected chi connectivity index (χ1v) is 10.5. The lowest BCUT2D eigenvalue weighted by Crippen LogP contribution is -2.52. The van der Waals surface area contributed by atoms with Crippen LogP contribution >= 0.6 is 0 Å². The molecule has 2 rings (SSSR count). The van der Waals surface area contributed by atoms with Gasteiger partial charge in [-0.15, -0.1) is 0 Å². The van der Waals surface area contributed by atoms with Crippen LogP contribution in [-0.2, 0) is 14.3 Å². The Morgan fingerprint density at radius 1 is 1.13 bits per heavy atom. The van der Waals surface area contributed by atoms with Crippen molar-refractivity contribution in [2.24, 2.45) is 5.92 Å². The van der Waals surface area contributed by atoms with Gasteiger partial charge in [0, 0.05) is 31.2 Å². The van der Waals surface area contributed by atoms with Crippen molar-refractivity contribution in [1.82, 2.24) is 10.2 Å². The summed E-state index contributed by atoms with van der Waals surface area (Å²) in [5.74, 6) is 0.609. The maximum atomic E-state index is 12.8. The van der Waals surface area contributed by atoms with Gasteiger partial charge in [-0.3, -0.25) is 9.69 Å². The highest BCUT2D eigenvalue weighted by Gasteiger charge is 2.27. The van der Waals surface area contributed by atoms with Gasteiger partial charge in [-0.05, 0) is 24.1 Å². The van der Waals surface area contributed by atoms with Gasteiger partial charge in [0.2, 0.25) is 0 Å². The molecule has 0 saturated carbocycles. The van der Waals surface area contributed by atoms with E-state index >= 15 is 0 Å². The van der Waals surface area contributed by atoms with Crippen molar-refractivity contribution in [3.8, 4) is 11.5 Å². The van der Waals surface area contributed by atoms with Gasteiger partial charge < -0.3 is 24.3 Å². The molecule has 1 aromatic carbocycles. The third-order valence-electron chi connectivity index (χ3n) is 5.58. The van der Waals surface area contributed by atoms with Crippen molar-refractivity contribution in [3.05, 3.63) is 23.8 Å². The Balaban J connectivity index is 2.04. The fraction of sp³-hybridized carbons (Fsp3) is 0.636. The number of amides is 1. The van der Waals surface area contributed by atoms with Crippen LogP contribution in [0.4, 0.5) is 0 Å². The van der Waals surface area contributed by atoms with E-state index in [0.717, 1.165) is 39.1 Å². The molecule has 1 aromatic rings. The maximum Gasteiger partial charge on any atom is 0.343 e. The summed E-state index contributed by atoms with van der Waals surface area (Å²) in [6, 6.07) is 5.17. The molecular weight excluding hydrogens is 388 g/mol. The third-order valence-corrected chi connectivity index (χ3v) is 5.58. The summed E-state index contributed by atoms with van der Waals surface area (Å²) in [5.41, 5.74) is 0.475. The summed E-state index contributed by atoms with van der Waals surface area (Å²) in [4.78, 5) is 26.5. The van der Waals surface area contributed by atoms with Gasteiger partial charge in [-0.2, -0.15) is 0 Å². The summed E-state index contributed by atoms with van der Waals surface area (Å²) in [7, 11) is 2.78. The van der Waals surface area contributed by atoms with E-state index in [4.69, 9.17) is 14.2 Å². The Labute approximate surface area is 178 Å². The number of nitrogens with zero attached hydrogens (tertiary/aromatic N) is 1. The van der Waals surface area contributed by atoms with Gasteiger partial charge in [0.25, 0.3) is 5.91 Å². The van der Waals surface area contributed by atoms with Gasteiger partial charge >= 0.3 is 5.97 Å². The van der Waals surface area contributed by atoms with Crippen LogP contribution in [0.1, 0.15) is 37.0 Å². The van der Waals surface area contributed by atoms with E-state index in [2.05, 4.69) is 28.8 Å². The Morgan fingerprint density at radius 2 is 1.83 bits per heavy atom. The monoisotopic (exact) mass is 422 g/mol. The summed E-state index contributed by atoms with van der Waals surface area (Å²) >= 11 is 0. The minimum Gasteiger partial charge on any atom is -0.493 e. The molecule has 0 radical (unpaired) electrons. The zero-order valence-electron chi connectivity index (χ0n) is 18.4. The number of morpholine rings is 1. The summed E-state index contributed by atoms with van der Waals surface area (Å²) < 4.78 is 20.8. The molecule has 0 aromatic heterocycles. The molecule has 1 heterocycles. The molecule has 0 bridgehead atoms. The van der Waals surface area contributed by atoms with Gasteiger partial charge in [0.15, 0.2) is 18.1 Å². The number of carbonyl (C=O) groups excluding carboxylic acids is 2. The first-order chi connectivity index (χ1) is 14.5. The predicted molar refractivity (Wildman–Crippen MR) is 113 cm³/mol. The zero-order chi connectivity index (χ0) is 21.9. The van der Waals surface area contributed by atoms with Crippen LogP contribution in [-0.4, -0.2) is 76.5 Å². The molecule has 8 nitrogen and oxygen atoms in total. The number of benzene rings is 1. The molecule has 1 aliphatic rings. The number of carbonyl (C=O) groups is 2. The van der Waals surface area contributed by atoms with Crippen LogP contribution in [0.3, 0.4) is 0 Å². The van der Waals surface area contributed by atoms with E-state index in [1.165, 1.54) is 14.2 Å². The predicted octanol–water partition coefficient (Wildman–Crippen LogP) is 2.11. The standard InChI is InChI=1S/C22H34N2O6/c1-5-16(6-2)18(24-9-11-29-12-10-24)14-23-22(26)17-7-8-19(20(13-17)27-3)30-15-21(25)28-4/h7-8,13,16,18H,5-6,9-12,14-15H2,1-4H3,(H,23,26)/t18-/m0/s1. The van der Waals surface area contributed by atoms with E-state index in [1.807, 2.05) is 0 Å². The van der Waals surface area contributed by atoms with Gasteiger partial charge in [0.1, 0.15) is 0 Å². The van der Waals surface area contributed by atoms with Crippen molar-refractivity contribution >= 4 is 11.9 Å². The highest BCUT2D eigenvalue weighted by Crippen LogP contribution is 2.28. The first-order valence-electron chi connectivity index (χ1n) is 10.5. The second-order valence-corrected chi connectivity index (χ2v) is 7.23. The molecule has 1 fully saturated rings. The lowest BCUT2D eigenvalue weighted by atomic mass is 9.92. The number of hydrogen-bond acceptors (Lipinski definition) is 7. The largest absolute Gasteiger partial charge is 0.493 e. The van der Waals surface area contributed by atoms with Crippen LogP contribution in [0.5, 0.6) is 11.5 Å². The van der Waals surface area contributed by atoms with E-state index in [1.54, 1.807) is 18.2 Å². The van der Waals surface area contributed by atoms with Crippen molar-refractivity contribution in [2.75, 3.05) is 53.7 Å². The van der Waals surface area contributed by atoms with Gasteiger partial charge in [-0.25, -0.2) is 4.79 Å². The topological polar surface area (TPSA) is 86.3 Å². The number of methoxy groups -OCH3 is 2. The quantitative estimate of drug-likeness (QED) is 0.547. The van der Waals surface area contributed by atoms with Crippen molar-refractivity contribution in [3.63, 3.8) is 0 Å². The molecule has 8 heteroatoms. The molecule has 168 valence electrons. The highest BCUT2D eigenvalue weighted by atomic mass is 16.6. The molecule has 1 aliphatic heterocycles. The average molecular weight is 423 g/mol. The molecule has 0 spiro atoms. The van der Waals surface area contributed by atoms with Crippen molar-refractivity contribution < 1.29 is 28.5 Å². The fourth-order valence-electron chi connectivity index (χ4n) is 3.76. The lowest BCUT2D eigenvalue weighted by molar-refractivity contribution is -0.142. The Hall–Kier alpha value is -2.32. The third kappa shape index (κ3) is 6.60. The Bertz CT molecular complexity index is 686. The molecule has 1 amide bonds. The first kappa shape index (κ1) is 24.0. The van der Waals surface area contributed by atoms with Gasteiger partial charge in [0.05, 0.1) is 27.4 Å². The second-order valence-electron chi connectivity index (χ2n) is 7.23. The highest BCUT2D eigenvalue weighted by molar-refractivity contribution is 5.94. The fourth-order valence-corrected chi connectivity index (χ4v) is 3.76. The lowest BCUT2D eigenvalue weighted by Gasteiger charge is -2.38. The zero-order valence-corrected chi connectivity index (χ0v) is 18.4. The van der Waals surface area contributed by atoms with Crippen LogP contribution in [0.2, 0.25) is 0 Å². The van der Waals surface area contributed by atoms with Crippen LogP contribution in [0, 0.1) is 5.92 Å². The van der Waals surface area contributed by atoms with E-state index < -0.39 is 5.97 Å². The summed E-state index contributed by atoms with van der Waals surface area (Å²) in [6.07, 6.45) is 2.13. The normalized spacial score (nSPS) is 15.5. The molecule has 30 heavy (non-hydrogen) atoms. The minimum absolute atomic E-state index is 0.169. The van der Waals surface area contributed by atoms with E-state index in [0.29, 0.717) is 29.5 Å². The summed E-state index contributed by atoms with van der Waals surface area (Å²) in [6.45, 7) is 7.98. The molecule has 0 unspecified atom stereocenters. The van der Waals surface area contributed by atoms with Crippen LogP contribution in [0.15, 0.2) is 18.2 Å². The Morgan fingerprint density at radius 3 is 2.43 bits per heavy atom. The minimum atomic E-state index is -0.491. The number of ether oxygens (including phenoxy) is 4. The van der Waals surface area contributed by atoms with Crippen molar-refractivity contribution in [1.29, 1.82) is 0 Å². The van der Waals surface area contributed by atoms with Gasteiger partial charge in [-0.1, -0.05) is 26.7 Å². The van der Waals surface area contributed by atoms with Crippen LogP contribution < -0.4 is 14.8 Å². The Kier molecular flexibility index (Phi) is 9.89. The maximum absolute atomic E-state index is 12.8. The van der Waals surface area contributed by atoms with E-state index in [9.17, 15) is 9.59 Å². The van der Waals surface area contributed by atoms with Crippen molar-refractivity contribution in [2.45, 2.75) is 32.7 Å². The summed E-state index contributed by atoms with van der Waals surface area (Å²) in [5, 5.41) is 3.08. The number of rotatable bonds is 11. The SMILES string of the molecule is CCC(CC)[C@H](CNC(=O)c1ccc(OCC(=O)OC)c(OC)c1)N1CCOCC1. The number of nitrogens with one attached hydrogen (secondary N) is 1. The molecule has 0 aliphatic carbocycles. The molecule has 1 saturated heterocycles. The second kappa shape index (κ2) is 12.4.